The van der Waals surface area contributed by atoms with Crippen LogP contribution in [-0.2, 0) is 74.9 Å². The van der Waals surface area contributed by atoms with Crippen LogP contribution in [-0.4, -0.2) is 133 Å². The number of aliphatic carboxylic acids is 2. The van der Waals surface area contributed by atoms with E-state index < -0.39 is 115 Å². The van der Waals surface area contributed by atoms with Gasteiger partial charge in [-0.3, -0.25) is 46.9 Å². The van der Waals surface area contributed by atoms with Crippen molar-refractivity contribution in [2.45, 2.75) is 310 Å². The van der Waals surface area contributed by atoms with Gasteiger partial charge in [0.1, 0.15) is 36.8 Å². The third-order valence-corrected chi connectivity index (χ3v) is 21.4. The summed E-state index contributed by atoms with van der Waals surface area (Å²) < 4.78 is 78.5. The molecule has 0 aromatic heterocycles. The topological polar surface area (TPSA) is 362 Å². The minimum absolute atomic E-state index is 0.103. The Kier molecular flexibility index (Phi) is 50.2. The lowest BCUT2D eigenvalue weighted by Gasteiger charge is -2.20. The van der Waals surface area contributed by atoms with Gasteiger partial charge in [0.15, 0.2) is 12.2 Å². The second kappa shape index (κ2) is 57.5. The van der Waals surface area contributed by atoms with Crippen molar-refractivity contribution in [2.75, 3.05) is 52.9 Å². The number of hydrogen-bond acceptors (Lipinski definition) is 20. The Morgan fingerprint density at radius 2 is 0.589 bits per heavy atom. The van der Waals surface area contributed by atoms with Gasteiger partial charge in [-0.25, -0.2) is 9.13 Å². The number of benzene rings is 4. The number of unbranched alkanes of at least 4 members (excludes halogenated alkanes) is 30. The molecule has 0 aliphatic carbocycles. The van der Waals surface area contributed by atoms with E-state index in [2.05, 4.69) is 90.1 Å². The van der Waals surface area contributed by atoms with Crippen LogP contribution < -0.4 is 20.9 Å². The van der Waals surface area contributed by atoms with Gasteiger partial charge in [0.2, 0.25) is 0 Å². The first-order valence-corrected chi connectivity index (χ1v) is 44.4. The third-order valence-electron chi connectivity index (χ3n) is 19.5. The zero-order valence-electron chi connectivity index (χ0n) is 68.0. The summed E-state index contributed by atoms with van der Waals surface area (Å²) in [5.41, 5.74) is 22.2. The Morgan fingerprint density at radius 3 is 0.866 bits per heavy atom. The molecule has 0 saturated carbocycles. The van der Waals surface area contributed by atoms with E-state index in [9.17, 15) is 47.7 Å². The van der Waals surface area contributed by atoms with E-state index in [1.165, 1.54) is 114 Å². The van der Waals surface area contributed by atoms with Crippen LogP contribution in [0, 0.1) is 27.7 Å². The van der Waals surface area contributed by atoms with Crippen molar-refractivity contribution in [1.82, 2.24) is 0 Å². The minimum atomic E-state index is -4.80. The highest BCUT2D eigenvalue weighted by Crippen LogP contribution is 2.45. The highest BCUT2D eigenvalue weighted by Gasteiger charge is 2.30. The van der Waals surface area contributed by atoms with Crippen LogP contribution in [0.2, 0.25) is 0 Å². The molecule has 0 heterocycles. The molecule has 4 aromatic rings. The van der Waals surface area contributed by atoms with Crippen LogP contribution in [0.3, 0.4) is 0 Å². The van der Waals surface area contributed by atoms with E-state index in [-0.39, 0.29) is 25.7 Å². The molecule has 0 spiro atoms. The molecular formula is C86H134N2O22P2. The molecule has 4 aromatic carbocycles. The molecule has 24 nitrogen and oxygen atoms in total. The first-order valence-electron chi connectivity index (χ1n) is 41.4. The molecule has 630 valence electrons. The number of carbonyl (C=O) groups excluding carboxylic acids is 4. The largest absolute Gasteiger partial charge is 0.494 e. The zero-order chi connectivity index (χ0) is 81.8. The number of carbonyl (C=O) groups is 6. The van der Waals surface area contributed by atoms with Crippen LogP contribution in [0.4, 0.5) is 0 Å². The predicted molar refractivity (Wildman–Crippen MR) is 436 cm³/mol. The Labute approximate surface area is 666 Å². The van der Waals surface area contributed by atoms with Gasteiger partial charge in [0, 0.05) is 25.7 Å². The molecule has 4 rings (SSSR count). The van der Waals surface area contributed by atoms with Crippen LogP contribution in [0.1, 0.15) is 280 Å². The van der Waals surface area contributed by atoms with Crippen LogP contribution in [0.25, 0.3) is 33.4 Å². The van der Waals surface area contributed by atoms with Crippen molar-refractivity contribution in [1.29, 1.82) is 0 Å². The zero-order valence-corrected chi connectivity index (χ0v) is 69.7. The van der Waals surface area contributed by atoms with Crippen LogP contribution in [0.5, 0.6) is 11.5 Å². The summed E-state index contributed by atoms with van der Waals surface area (Å²) in [7, 11) is -9.59. The summed E-state index contributed by atoms with van der Waals surface area (Å²) >= 11 is 0. The smallest absolute Gasteiger partial charge is 0.472 e. The van der Waals surface area contributed by atoms with Gasteiger partial charge < -0.3 is 59.9 Å². The number of ether oxygens (including phenoxy) is 6. The second-order valence-electron chi connectivity index (χ2n) is 29.6. The number of nitrogens with two attached hydrogens (primary N) is 2. The second-order valence-corrected chi connectivity index (χ2v) is 32.5. The summed E-state index contributed by atoms with van der Waals surface area (Å²) in [5, 5.41) is 18.0. The van der Waals surface area contributed by atoms with E-state index in [0.29, 0.717) is 38.9 Å². The average Bonchev–Trinajstić information content (AvgIpc) is 0.773. The monoisotopic (exact) mass is 1610 g/mol. The number of phosphoric acid groups is 2. The molecule has 26 heteroatoms. The third kappa shape index (κ3) is 43.8. The number of carboxylic acid groups (broad SMARTS) is 2. The van der Waals surface area contributed by atoms with Crippen LogP contribution >= 0.6 is 15.6 Å². The van der Waals surface area contributed by atoms with Gasteiger partial charge in [-0.05, 0) is 146 Å². The minimum Gasteiger partial charge on any atom is -0.494 e. The van der Waals surface area contributed by atoms with Crippen molar-refractivity contribution in [3.05, 3.63) is 95.1 Å². The fourth-order valence-corrected chi connectivity index (χ4v) is 14.7. The van der Waals surface area contributed by atoms with Gasteiger partial charge in [0.25, 0.3) is 0 Å². The van der Waals surface area contributed by atoms with Crippen molar-refractivity contribution >= 4 is 51.5 Å². The molecule has 0 amide bonds. The number of esters is 4. The number of rotatable bonds is 67. The fraction of sp³-hybridized carbons (Fsp3) is 0.651. The molecule has 112 heavy (non-hydrogen) atoms. The van der Waals surface area contributed by atoms with Crippen molar-refractivity contribution in [3.63, 3.8) is 0 Å². The summed E-state index contributed by atoms with van der Waals surface area (Å²) in [4.78, 5) is 93.7. The lowest BCUT2D eigenvalue weighted by molar-refractivity contribution is -0.161. The van der Waals surface area contributed by atoms with Crippen molar-refractivity contribution < 1.29 is 104 Å². The molecule has 8 N–H and O–H groups in total. The Hall–Kier alpha value is -6.56. The molecule has 0 aliphatic heterocycles. The molecule has 6 atom stereocenters. The maximum absolute atomic E-state index is 12.8. The van der Waals surface area contributed by atoms with E-state index in [1.807, 2.05) is 24.3 Å². The summed E-state index contributed by atoms with van der Waals surface area (Å²) in [6.45, 7) is 10.3. The number of aryl methyl sites for hydroxylation is 4. The molecule has 2 unspecified atom stereocenters. The Morgan fingerprint density at radius 1 is 0.339 bits per heavy atom. The normalized spacial score (nSPS) is 13.6. The predicted octanol–water partition coefficient (Wildman–Crippen LogP) is 19.5. The molecule has 0 bridgehead atoms. The van der Waals surface area contributed by atoms with E-state index >= 15 is 0 Å². The van der Waals surface area contributed by atoms with Gasteiger partial charge in [0.05, 0.1) is 39.6 Å². The van der Waals surface area contributed by atoms with E-state index in [1.54, 1.807) is 0 Å². The summed E-state index contributed by atoms with van der Waals surface area (Å²) in [5.74, 6) is -3.57. The highest BCUT2D eigenvalue weighted by atomic mass is 31.2. The van der Waals surface area contributed by atoms with Gasteiger partial charge >= 0.3 is 51.5 Å². The molecule has 0 fully saturated rings. The van der Waals surface area contributed by atoms with Gasteiger partial charge in [-0.1, -0.05) is 242 Å². The Balaban J connectivity index is 1.15. The van der Waals surface area contributed by atoms with E-state index in [4.69, 9.17) is 68.2 Å². The number of phosphoric ester groups is 2. The fourth-order valence-electron chi connectivity index (χ4n) is 13.1. The maximum Gasteiger partial charge on any atom is 0.472 e. The van der Waals surface area contributed by atoms with E-state index in [0.717, 1.165) is 146 Å². The van der Waals surface area contributed by atoms with Crippen molar-refractivity contribution in [2.24, 2.45) is 11.5 Å². The maximum atomic E-state index is 12.8. The van der Waals surface area contributed by atoms with Crippen molar-refractivity contribution in [3.8, 4) is 44.9 Å². The standard InChI is InChI=1S/C86H134N2O22P2/c1-7-9-11-13-15-17-19-21-23-25-27-29-37-43-81(91)109-75(61-105-111(97,98)107-63-77(87)85(93)94)59-103-79(89)41-35-31-33-39-53-101-73-49-45-69(46-50-73)71-55-65(3)83(66(4)56-71)84-67(5)57-72(58-68(84)6)70-47-51-74(52-48-70)102-54-40-34-32-36-42-80(90)104-60-76(62-106-112(99,100)108-64-78(88)86(95)96)110-82(92)44-38-30-28-26-24-22-20-18-16-14-12-10-8-2/h45-52,55-58,75-78H,7-44,53-54,59-64,87-88H2,1-6H3,(H,93,94)(H,95,96)(H,97,98)(H,99,100)/t75-,76-,77+,78+/m1/s1. The SMILES string of the molecule is CCCCCCCCCCCCCCCC(=O)O[C@H](COC(=O)CCCCCCOc1ccc(-c2cc(C)c(-c3c(C)cc(-c4ccc(OCCCCCCC(=O)OC[C@H](COP(=O)(O)OC[C@H](N)C(=O)O)OC(=O)CCCCCCCCCCCCCCC)cc4)cc3C)c(C)c2)cc1)COP(=O)(O)OC[C@H](N)C(=O)O. The molecular weight excluding hydrogens is 1470 g/mol. The molecule has 0 aliphatic rings. The van der Waals surface area contributed by atoms with Gasteiger partial charge in [-0.2, -0.15) is 0 Å². The lowest BCUT2D eigenvalue weighted by Crippen LogP contribution is -2.34. The average molecular weight is 1610 g/mol. The number of carboxylic acids is 2. The summed E-state index contributed by atoms with van der Waals surface area (Å²) in [6.07, 6.45) is 33.5. The lowest BCUT2D eigenvalue weighted by atomic mass is 9.85. The quantitative estimate of drug-likeness (QED) is 0.0103. The first-order chi connectivity index (χ1) is 53.8. The first kappa shape index (κ1) is 97.8. The highest BCUT2D eigenvalue weighted by molar-refractivity contribution is 7.47. The van der Waals surface area contributed by atoms with Crippen LogP contribution in [0.15, 0.2) is 72.8 Å². The number of hydrogen-bond donors (Lipinski definition) is 6. The summed E-state index contributed by atoms with van der Waals surface area (Å²) in [6, 6.07) is 21.9. The Bertz CT molecular complexity index is 3180. The van der Waals surface area contributed by atoms with Gasteiger partial charge in [-0.15, -0.1) is 0 Å². The molecule has 0 radical (unpaired) electrons. The molecule has 0 saturated heterocycles.